The van der Waals surface area contributed by atoms with Crippen molar-refractivity contribution < 1.29 is 0 Å². The van der Waals surface area contributed by atoms with E-state index < -0.39 is 0 Å². The van der Waals surface area contributed by atoms with Gasteiger partial charge in [0.15, 0.2) is 0 Å². The van der Waals surface area contributed by atoms with Gasteiger partial charge in [0, 0.05) is 17.1 Å². The maximum atomic E-state index is 2.41. The minimum atomic E-state index is 1.21. The van der Waals surface area contributed by atoms with Crippen LogP contribution in [0.4, 0.5) is 17.1 Å². The van der Waals surface area contributed by atoms with Gasteiger partial charge in [0.25, 0.3) is 0 Å². The lowest BCUT2D eigenvalue weighted by atomic mass is 9.91. The summed E-state index contributed by atoms with van der Waals surface area (Å²) in [5.74, 6) is 0. The third-order valence-corrected chi connectivity index (χ3v) is 5.63. The molecule has 132 valence electrons. The maximum absolute atomic E-state index is 2.41. The van der Waals surface area contributed by atoms with Gasteiger partial charge in [-0.2, -0.15) is 0 Å². The van der Waals surface area contributed by atoms with Crippen LogP contribution in [-0.4, -0.2) is 0 Å². The number of nitrogens with zero attached hydrogens (tertiary/aromatic N) is 1. The lowest BCUT2D eigenvalue weighted by Gasteiger charge is -2.28. The van der Waals surface area contributed by atoms with E-state index in [1.807, 2.05) is 0 Å². The summed E-state index contributed by atoms with van der Waals surface area (Å²) in [6.45, 7) is 6.51. The van der Waals surface area contributed by atoms with Gasteiger partial charge in [-0.1, -0.05) is 29.8 Å². The first-order valence-electron chi connectivity index (χ1n) is 9.68. The van der Waals surface area contributed by atoms with Crippen LogP contribution in [0.15, 0.2) is 60.7 Å². The molecule has 0 bridgehead atoms. The fourth-order valence-electron chi connectivity index (χ4n) is 3.86. The highest BCUT2D eigenvalue weighted by molar-refractivity contribution is 5.77. The molecular formula is C25H27N. The third-order valence-electron chi connectivity index (χ3n) is 5.63. The number of aryl methyl sites for hydroxylation is 5. The third kappa shape index (κ3) is 3.26. The Hall–Kier alpha value is -2.54. The standard InChI is InChI=1S/C25H27N/c1-18-8-12-23(13-9-18)26(24-14-10-19(2)20(3)16-24)25-15-11-21-6-4-5-7-22(21)17-25/h8-17H,4-7H2,1-3H3. The van der Waals surface area contributed by atoms with E-state index in [4.69, 9.17) is 0 Å². The molecule has 0 amide bonds. The first-order chi connectivity index (χ1) is 12.6. The average molecular weight is 341 g/mol. The molecule has 0 N–H and O–H groups in total. The van der Waals surface area contributed by atoms with E-state index in [1.165, 1.54) is 70.6 Å². The van der Waals surface area contributed by atoms with Gasteiger partial charge < -0.3 is 4.90 Å². The summed E-state index contributed by atoms with van der Waals surface area (Å²) in [5, 5.41) is 0. The normalized spacial score (nSPS) is 13.3. The van der Waals surface area contributed by atoms with Gasteiger partial charge in [0.2, 0.25) is 0 Å². The van der Waals surface area contributed by atoms with Crippen molar-refractivity contribution in [2.75, 3.05) is 4.90 Å². The Bertz CT molecular complexity index is 921. The van der Waals surface area contributed by atoms with E-state index in [0.29, 0.717) is 0 Å². The lowest BCUT2D eigenvalue weighted by molar-refractivity contribution is 0.685. The van der Waals surface area contributed by atoms with Crippen molar-refractivity contribution in [1.82, 2.24) is 0 Å². The number of hydrogen-bond acceptors (Lipinski definition) is 1. The molecule has 1 aliphatic rings. The molecule has 3 aromatic rings. The molecule has 26 heavy (non-hydrogen) atoms. The van der Waals surface area contributed by atoms with Crippen molar-refractivity contribution in [3.8, 4) is 0 Å². The van der Waals surface area contributed by atoms with Crippen LogP contribution >= 0.6 is 0 Å². The highest BCUT2D eigenvalue weighted by Crippen LogP contribution is 2.37. The second-order valence-corrected chi connectivity index (χ2v) is 7.60. The zero-order chi connectivity index (χ0) is 18.1. The second kappa shape index (κ2) is 6.99. The van der Waals surface area contributed by atoms with Crippen LogP contribution in [0.3, 0.4) is 0 Å². The van der Waals surface area contributed by atoms with Crippen molar-refractivity contribution in [2.45, 2.75) is 46.5 Å². The first kappa shape index (κ1) is 16.9. The summed E-state index contributed by atoms with van der Waals surface area (Å²) in [6, 6.07) is 22.6. The van der Waals surface area contributed by atoms with Crippen LogP contribution in [-0.2, 0) is 12.8 Å². The molecule has 0 atom stereocenters. The fourth-order valence-corrected chi connectivity index (χ4v) is 3.86. The zero-order valence-electron chi connectivity index (χ0n) is 16.0. The van der Waals surface area contributed by atoms with Crippen LogP contribution in [0.5, 0.6) is 0 Å². The minimum Gasteiger partial charge on any atom is -0.310 e. The fraction of sp³-hybridized carbons (Fsp3) is 0.280. The monoisotopic (exact) mass is 341 g/mol. The van der Waals surface area contributed by atoms with E-state index in [-0.39, 0.29) is 0 Å². The molecule has 4 rings (SSSR count). The van der Waals surface area contributed by atoms with Crippen molar-refractivity contribution in [2.24, 2.45) is 0 Å². The molecule has 0 saturated heterocycles. The number of rotatable bonds is 3. The highest BCUT2D eigenvalue weighted by Gasteiger charge is 2.16. The second-order valence-electron chi connectivity index (χ2n) is 7.60. The van der Waals surface area contributed by atoms with E-state index >= 15 is 0 Å². The summed E-state index contributed by atoms with van der Waals surface area (Å²) in [6.07, 6.45) is 5.07. The Kier molecular flexibility index (Phi) is 4.55. The molecule has 0 unspecified atom stereocenters. The van der Waals surface area contributed by atoms with Crippen LogP contribution in [0.1, 0.15) is 40.7 Å². The molecular weight excluding hydrogens is 314 g/mol. The van der Waals surface area contributed by atoms with E-state index in [1.54, 1.807) is 0 Å². The number of benzene rings is 3. The van der Waals surface area contributed by atoms with Gasteiger partial charge in [-0.05, 0) is 105 Å². The molecule has 0 spiro atoms. The predicted octanol–water partition coefficient (Wildman–Crippen LogP) is 6.96. The number of hydrogen-bond donors (Lipinski definition) is 0. The molecule has 1 nitrogen and oxygen atoms in total. The molecule has 0 heterocycles. The van der Waals surface area contributed by atoms with Crippen LogP contribution < -0.4 is 4.90 Å². The number of anilines is 3. The Morgan fingerprint density at radius 3 is 1.92 bits per heavy atom. The zero-order valence-corrected chi connectivity index (χ0v) is 16.0. The molecule has 0 saturated carbocycles. The van der Waals surface area contributed by atoms with Crippen LogP contribution in [0.25, 0.3) is 0 Å². The van der Waals surface area contributed by atoms with E-state index in [0.717, 1.165) is 0 Å². The Balaban J connectivity index is 1.84. The summed E-state index contributed by atoms with van der Waals surface area (Å²) in [5.41, 5.74) is 10.7. The Morgan fingerprint density at radius 1 is 0.577 bits per heavy atom. The Morgan fingerprint density at radius 2 is 1.19 bits per heavy atom. The van der Waals surface area contributed by atoms with Gasteiger partial charge in [-0.15, -0.1) is 0 Å². The smallest absolute Gasteiger partial charge is 0.0464 e. The van der Waals surface area contributed by atoms with Crippen molar-refractivity contribution in [3.63, 3.8) is 0 Å². The van der Waals surface area contributed by atoms with Gasteiger partial charge in [-0.3, -0.25) is 0 Å². The van der Waals surface area contributed by atoms with Gasteiger partial charge >= 0.3 is 0 Å². The van der Waals surface area contributed by atoms with Crippen molar-refractivity contribution >= 4 is 17.1 Å². The molecule has 0 aliphatic heterocycles. The van der Waals surface area contributed by atoms with E-state index in [2.05, 4.69) is 86.3 Å². The summed E-state index contributed by atoms with van der Waals surface area (Å²) < 4.78 is 0. The molecule has 3 aromatic carbocycles. The SMILES string of the molecule is Cc1ccc(N(c2ccc(C)c(C)c2)c2ccc3c(c2)CCCC3)cc1. The van der Waals surface area contributed by atoms with Crippen LogP contribution in [0.2, 0.25) is 0 Å². The summed E-state index contributed by atoms with van der Waals surface area (Å²) in [4.78, 5) is 2.39. The molecule has 0 fully saturated rings. The Labute approximate surface area is 157 Å². The molecule has 1 aliphatic carbocycles. The largest absolute Gasteiger partial charge is 0.310 e. The lowest BCUT2D eigenvalue weighted by Crippen LogP contribution is -2.12. The quantitative estimate of drug-likeness (QED) is 0.497. The molecule has 0 radical (unpaired) electrons. The maximum Gasteiger partial charge on any atom is 0.0464 e. The molecule has 0 aromatic heterocycles. The van der Waals surface area contributed by atoms with Crippen LogP contribution in [0, 0.1) is 20.8 Å². The topological polar surface area (TPSA) is 3.24 Å². The predicted molar refractivity (Wildman–Crippen MR) is 112 cm³/mol. The highest BCUT2D eigenvalue weighted by atomic mass is 15.1. The minimum absolute atomic E-state index is 1.21. The van der Waals surface area contributed by atoms with Gasteiger partial charge in [-0.25, -0.2) is 0 Å². The average Bonchev–Trinajstić information content (AvgIpc) is 2.66. The van der Waals surface area contributed by atoms with E-state index in [9.17, 15) is 0 Å². The molecule has 1 heteroatoms. The van der Waals surface area contributed by atoms with Crippen molar-refractivity contribution in [1.29, 1.82) is 0 Å². The van der Waals surface area contributed by atoms with Crippen molar-refractivity contribution in [3.05, 3.63) is 88.5 Å². The van der Waals surface area contributed by atoms with Gasteiger partial charge in [0.05, 0.1) is 0 Å². The number of fused-ring (bicyclic) bond motifs is 1. The summed E-state index contributed by atoms with van der Waals surface area (Å²) in [7, 11) is 0. The first-order valence-corrected chi connectivity index (χ1v) is 9.68. The summed E-state index contributed by atoms with van der Waals surface area (Å²) >= 11 is 0. The van der Waals surface area contributed by atoms with Gasteiger partial charge in [0.1, 0.15) is 0 Å².